The first-order valence-electron chi connectivity index (χ1n) is 6.84. The molecule has 1 heterocycles. The van der Waals surface area contributed by atoms with Gasteiger partial charge < -0.3 is 10.6 Å². The molecule has 2 N–H and O–H groups in total. The average molecular weight is 223 g/mol. The van der Waals surface area contributed by atoms with E-state index in [1.54, 1.807) is 0 Å². The molecule has 0 radical (unpaired) electrons. The molecule has 2 fully saturated rings. The number of likely N-dealkylation sites (tertiary alicyclic amines) is 1. The first-order chi connectivity index (χ1) is 7.75. The minimum absolute atomic E-state index is 0.515. The minimum Gasteiger partial charge on any atom is -0.370 e. The lowest BCUT2D eigenvalue weighted by Crippen LogP contribution is -2.38. The molecule has 3 heteroatoms. The summed E-state index contributed by atoms with van der Waals surface area (Å²) >= 11 is 0. The van der Waals surface area contributed by atoms with Crippen LogP contribution in [0.5, 0.6) is 0 Å². The molecule has 0 aromatic rings. The van der Waals surface area contributed by atoms with Crippen LogP contribution in [0.2, 0.25) is 0 Å². The van der Waals surface area contributed by atoms with Gasteiger partial charge in [-0.25, -0.2) is 4.99 Å². The topological polar surface area (TPSA) is 41.6 Å². The Labute approximate surface area is 99.1 Å². The maximum Gasteiger partial charge on any atom is 0.191 e. The number of hydrogen-bond donors (Lipinski definition) is 1. The largest absolute Gasteiger partial charge is 0.370 e. The summed E-state index contributed by atoms with van der Waals surface area (Å²) in [4.78, 5) is 6.98. The van der Waals surface area contributed by atoms with Crippen molar-refractivity contribution in [2.45, 2.75) is 57.9 Å². The lowest BCUT2D eigenvalue weighted by molar-refractivity contribution is 0.416. The quantitative estimate of drug-likeness (QED) is 0.548. The molecule has 1 saturated carbocycles. The van der Waals surface area contributed by atoms with Gasteiger partial charge in [0, 0.05) is 13.1 Å². The summed E-state index contributed by atoms with van der Waals surface area (Å²) in [6, 6.07) is 0.515. The Hall–Kier alpha value is -0.730. The Morgan fingerprint density at radius 3 is 2.56 bits per heavy atom. The van der Waals surface area contributed by atoms with Gasteiger partial charge in [-0.1, -0.05) is 19.8 Å². The van der Waals surface area contributed by atoms with E-state index in [9.17, 15) is 0 Å². The standard InChI is InChI=1S/C13H25N3/c1-11-5-4-9-16(10-8-11)13(14)15-12-6-2-3-7-12/h11-12H,2-10H2,1H3,(H2,14,15). The van der Waals surface area contributed by atoms with Gasteiger partial charge >= 0.3 is 0 Å². The molecule has 1 aliphatic heterocycles. The highest BCUT2D eigenvalue weighted by molar-refractivity contribution is 5.78. The Kier molecular flexibility index (Phi) is 4.08. The molecule has 0 amide bonds. The van der Waals surface area contributed by atoms with E-state index in [1.165, 1.54) is 44.9 Å². The molecule has 1 unspecified atom stereocenters. The summed E-state index contributed by atoms with van der Waals surface area (Å²) in [6.07, 6.45) is 9.02. The fourth-order valence-corrected chi connectivity index (χ4v) is 2.79. The summed E-state index contributed by atoms with van der Waals surface area (Å²) in [5.41, 5.74) is 6.12. The normalized spacial score (nSPS) is 29.4. The van der Waals surface area contributed by atoms with E-state index >= 15 is 0 Å². The van der Waals surface area contributed by atoms with Crippen LogP contribution >= 0.6 is 0 Å². The van der Waals surface area contributed by atoms with Gasteiger partial charge in [-0.05, 0) is 38.0 Å². The summed E-state index contributed by atoms with van der Waals surface area (Å²) < 4.78 is 0. The Bertz CT molecular complexity index is 244. The first-order valence-corrected chi connectivity index (χ1v) is 6.84. The SMILES string of the molecule is CC1CCCN(C(N)=NC2CCCC2)CC1. The lowest BCUT2D eigenvalue weighted by atomic mass is 10.0. The van der Waals surface area contributed by atoms with Crippen LogP contribution in [-0.4, -0.2) is 30.0 Å². The smallest absolute Gasteiger partial charge is 0.191 e. The monoisotopic (exact) mass is 223 g/mol. The van der Waals surface area contributed by atoms with Crippen LogP contribution in [0.4, 0.5) is 0 Å². The summed E-state index contributed by atoms with van der Waals surface area (Å²) in [6.45, 7) is 4.55. The number of guanidine groups is 1. The highest BCUT2D eigenvalue weighted by Gasteiger charge is 2.18. The van der Waals surface area contributed by atoms with E-state index in [4.69, 9.17) is 5.73 Å². The highest BCUT2D eigenvalue weighted by Crippen LogP contribution is 2.21. The van der Waals surface area contributed by atoms with Crippen molar-refractivity contribution in [3.05, 3.63) is 0 Å². The van der Waals surface area contributed by atoms with E-state index in [0.29, 0.717) is 6.04 Å². The van der Waals surface area contributed by atoms with Crippen LogP contribution in [0.15, 0.2) is 4.99 Å². The predicted octanol–water partition coefficient (Wildman–Crippen LogP) is 2.37. The van der Waals surface area contributed by atoms with Crippen LogP contribution in [-0.2, 0) is 0 Å². The van der Waals surface area contributed by atoms with Crippen molar-refractivity contribution in [1.29, 1.82) is 0 Å². The zero-order chi connectivity index (χ0) is 11.4. The third-order valence-corrected chi connectivity index (χ3v) is 3.98. The molecule has 1 atom stereocenters. The van der Waals surface area contributed by atoms with Crippen molar-refractivity contribution in [2.24, 2.45) is 16.6 Å². The Morgan fingerprint density at radius 1 is 1.06 bits per heavy atom. The molecule has 0 aromatic carbocycles. The maximum absolute atomic E-state index is 6.12. The predicted molar refractivity (Wildman–Crippen MR) is 68.5 cm³/mol. The number of nitrogens with zero attached hydrogens (tertiary/aromatic N) is 2. The molecule has 0 spiro atoms. The number of nitrogens with two attached hydrogens (primary N) is 1. The molecular weight excluding hydrogens is 198 g/mol. The van der Waals surface area contributed by atoms with E-state index in [2.05, 4.69) is 16.8 Å². The van der Waals surface area contributed by atoms with E-state index in [0.717, 1.165) is 25.0 Å². The minimum atomic E-state index is 0.515. The van der Waals surface area contributed by atoms with Gasteiger partial charge in [-0.3, -0.25) is 0 Å². The van der Waals surface area contributed by atoms with Gasteiger partial charge in [0.1, 0.15) is 0 Å². The van der Waals surface area contributed by atoms with Gasteiger partial charge in [-0.2, -0.15) is 0 Å². The molecule has 1 aliphatic carbocycles. The van der Waals surface area contributed by atoms with Gasteiger partial charge in [0.15, 0.2) is 5.96 Å². The van der Waals surface area contributed by atoms with Crippen molar-refractivity contribution in [1.82, 2.24) is 4.90 Å². The molecule has 16 heavy (non-hydrogen) atoms. The van der Waals surface area contributed by atoms with Gasteiger partial charge in [0.2, 0.25) is 0 Å². The van der Waals surface area contributed by atoms with Gasteiger partial charge in [-0.15, -0.1) is 0 Å². The second kappa shape index (κ2) is 5.55. The van der Waals surface area contributed by atoms with E-state index in [-0.39, 0.29) is 0 Å². The molecular formula is C13H25N3. The van der Waals surface area contributed by atoms with Crippen LogP contribution in [0, 0.1) is 5.92 Å². The summed E-state index contributed by atoms with van der Waals surface area (Å²) in [5, 5.41) is 0. The number of hydrogen-bond acceptors (Lipinski definition) is 1. The first kappa shape index (κ1) is 11.7. The average Bonchev–Trinajstić information content (AvgIpc) is 2.66. The van der Waals surface area contributed by atoms with Crippen LogP contribution < -0.4 is 5.73 Å². The van der Waals surface area contributed by atoms with Crippen LogP contribution in [0.25, 0.3) is 0 Å². The lowest BCUT2D eigenvalue weighted by Gasteiger charge is -2.22. The zero-order valence-electron chi connectivity index (χ0n) is 10.5. The molecule has 1 saturated heterocycles. The summed E-state index contributed by atoms with van der Waals surface area (Å²) in [7, 11) is 0. The number of aliphatic imine (C=N–C) groups is 1. The van der Waals surface area contributed by atoms with Crippen LogP contribution in [0.1, 0.15) is 51.9 Å². The molecule has 2 rings (SSSR count). The van der Waals surface area contributed by atoms with Gasteiger partial charge in [0.05, 0.1) is 6.04 Å². The van der Waals surface area contributed by atoms with E-state index in [1.807, 2.05) is 0 Å². The van der Waals surface area contributed by atoms with Crippen molar-refractivity contribution in [3.63, 3.8) is 0 Å². The maximum atomic E-state index is 6.12. The van der Waals surface area contributed by atoms with Crippen molar-refractivity contribution in [2.75, 3.05) is 13.1 Å². The summed E-state index contributed by atoms with van der Waals surface area (Å²) in [5.74, 6) is 1.66. The zero-order valence-corrected chi connectivity index (χ0v) is 10.5. The third-order valence-electron chi connectivity index (χ3n) is 3.98. The molecule has 2 aliphatic rings. The van der Waals surface area contributed by atoms with Gasteiger partial charge in [0.25, 0.3) is 0 Å². The number of rotatable bonds is 1. The molecule has 3 nitrogen and oxygen atoms in total. The third kappa shape index (κ3) is 3.13. The Balaban J connectivity index is 1.89. The second-order valence-corrected chi connectivity index (χ2v) is 5.45. The highest BCUT2D eigenvalue weighted by atomic mass is 15.3. The van der Waals surface area contributed by atoms with E-state index < -0.39 is 0 Å². The second-order valence-electron chi connectivity index (χ2n) is 5.45. The molecule has 0 bridgehead atoms. The van der Waals surface area contributed by atoms with Crippen molar-refractivity contribution < 1.29 is 0 Å². The van der Waals surface area contributed by atoms with Crippen molar-refractivity contribution in [3.8, 4) is 0 Å². The van der Waals surface area contributed by atoms with Crippen LogP contribution in [0.3, 0.4) is 0 Å². The Morgan fingerprint density at radius 2 is 1.81 bits per heavy atom. The molecule has 92 valence electrons. The molecule has 0 aromatic heterocycles. The fourth-order valence-electron chi connectivity index (χ4n) is 2.79. The van der Waals surface area contributed by atoms with Crippen molar-refractivity contribution >= 4 is 5.96 Å². The fraction of sp³-hybridized carbons (Fsp3) is 0.923.